The first-order valence-electron chi connectivity index (χ1n) is 13.2. The molecular weight excluding hydrogens is 466 g/mol. The second-order valence-electron chi connectivity index (χ2n) is 9.30. The van der Waals surface area contributed by atoms with Gasteiger partial charge < -0.3 is 9.67 Å². The molecule has 0 aliphatic rings. The zero-order valence-corrected chi connectivity index (χ0v) is 21.8. The Labute approximate surface area is 217 Å². The van der Waals surface area contributed by atoms with Crippen molar-refractivity contribution < 1.29 is 5.11 Å². The summed E-state index contributed by atoms with van der Waals surface area (Å²) < 4.78 is 5.04. The highest BCUT2D eigenvalue weighted by Gasteiger charge is 2.22. The van der Waals surface area contributed by atoms with Gasteiger partial charge in [-0.3, -0.25) is 18.8 Å². The first kappa shape index (κ1) is 26.6. The van der Waals surface area contributed by atoms with Crippen LogP contribution in [-0.4, -0.2) is 54.9 Å². The number of benzene rings is 2. The summed E-state index contributed by atoms with van der Waals surface area (Å²) in [6.07, 6.45) is 1.91. The van der Waals surface area contributed by atoms with Crippen LogP contribution in [0.1, 0.15) is 37.2 Å². The molecule has 2 aromatic carbocycles. The second-order valence-corrected chi connectivity index (χ2v) is 9.30. The highest BCUT2D eigenvalue weighted by molar-refractivity contribution is 5.71. The predicted octanol–water partition coefficient (Wildman–Crippen LogP) is 2.92. The molecule has 2 heterocycles. The average molecular weight is 504 g/mol. The van der Waals surface area contributed by atoms with Gasteiger partial charge in [0.05, 0.1) is 6.61 Å². The van der Waals surface area contributed by atoms with E-state index in [0.29, 0.717) is 63.2 Å². The van der Waals surface area contributed by atoms with Crippen molar-refractivity contribution in [2.75, 3.05) is 26.2 Å². The van der Waals surface area contributed by atoms with E-state index in [2.05, 4.69) is 11.8 Å². The van der Waals surface area contributed by atoms with Crippen LogP contribution in [0.3, 0.4) is 0 Å². The van der Waals surface area contributed by atoms with Gasteiger partial charge in [0.15, 0.2) is 11.2 Å². The summed E-state index contributed by atoms with van der Waals surface area (Å²) >= 11 is 0. The Balaban J connectivity index is 1.86. The predicted molar refractivity (Wildman–Crippen MR) is 147 cm³/mol. The molecule has 0 fully saturated rings. The number of nitrogens with zero attached hydrogens (tertiary/aromatic N) is 5. The van der Waals surface area contributed by atoms with Crippen LogP contribution >= 0.6 is 0 Å². The molecule has 8 heteroatoms. The molecule has 196 valence electrons. The van der Waals surface area contributed by atoms with Crippen molar-refractivity contribution in [2.24, 2.45) is 0 Å². The number of aliphatic hydroxyl groups excluding tert-OH is 1. The fourth-order valence-corrected chi connectivity index (χ4v) is 4.81. The van der Waals surface area contributed by atoms with Gasteiger partial charge in [-0.15, -0.1) is 0 Å². The maximum atomic E-state index is 13.7. The lowest BCUT2D eigenvalue weighted by atomic mass is 10.1. The zero-order chi connectivity index (χ0) is 26.2. The van der Waals surface area contributed by atoms with Crippen LogP contribution in [0.5, 0.6) is 0 Å². The summed E-state index contributed by atoms with van der Waals surface area (Å²) in [5.74, 6) is 0.764. The Morgan fingerprint density at radius 2 is 1.49 bits per heavy atom. The molecular formula is C29H37N5O3. The number of fused-ring (bicyclic) bond motifs is 1. The van der Waals surface area contributed by atoms with Crippen LogP contribution in [-0.2, 0) is 32.5 Å². The van der Waals surface area contributed by atoms with Gasteiger partial charge in [-0.1, -0.05) is 74.5 Å². The number of hydrogen-bond donors (Lipinski definition) is 1. The third-order valence-corrected chi connectivity index (χ3v) is 6.82. The fourth-order valence-electron chi connectivity index (χ4n) is 4.81. The van der Waals surface area contributed by atoms with Gasteiger partial charge in [-0.05, 0) is 30.5 Å². The summed E-state index contributed by atoms with van der Waals surface area (Å²) in [6, 6.07) is 20.1. The molecule has 0 spiro atoms. The Morgan fingerprint density at radius 3 is 2.11 bits per heavy atom. The molecule has 4 aromatic rings. The van der Waals surface area contributed by atoms with Crippen molar-refractivity contribution in [1.29, 1.82) is 0 Å². The molecule has 0 amide bonds. The quantitative estimate of drug-likeness (QED) is 0.303. The Bertz CT molecular complexity index is 1410. The molecule has 1 N–H and O–H groups in total. The molecule has 8 nitrogen and oxygen atoms in total. The van der Waals surface area contributed by atoms with E-state index in [9.17, 15) is 14.7 Å². The van der Waals surface area contributed by atoms with Gasteiger partial charge in [0.1, 0.15) is 5.82 Å². The number of rotatable bonds is 13. The molecule has 2 aromatic heterocycles. The Hall–Kier alpha value is -3.49. The number of aryl methyl sites for hydroxylation is 2. The summed E-state index contributed by atoms with van der Waals surface area (Å²) in [6.45, 7) is 7.49. The van der Waals surface area contributed by atoms with E-state index in [1.165, 1.54) is 4.57 Å². The van der Waals surface area contributed by atoms with E-state index >= 15 is 0 Å². The topological polar surface area (TPSA) is 85.3 Å². The lowest BCUT2D eigenvalue weighted by molar-refractivity contribution is 0.197. The molecule has 0 aliphatic heterocycles. The average Bonchev–Trinajstić information content (AvgIpc) is 3.27. The minimum atomic E-state index is -0.304. The monoisotopic (exact) mass is 503 g/mol. The number of aliphatic hydroxyl groups is 1. The molecule has 37 heavy (non-hydrogen) atoms. The minimum Gasteiger partial charge on any atom is -0.395 e. The second kappa shape index (κ2) is 12.7. The van der Waals surface area contributed by atoms with Crippen LogP contribution < -0.4 is 11.2 Å². The van der Waals surface area contributed by atoms with Crippen molar-refractivity contribution >= 4 is 11.2 Å². The largest absolute Gasteiger partial charge is 0.395 e. The van der Waals surface area contributed by atoms with Crippen LogP contribution in [0.25, 0.3) is 11.2 Å². The van der Waals surface area contributed by atoms with E-state index in [-0.39, 0.29) is 17.9 Å². The van der Waals surface area contributed by atoms with Gasteiger partial charge >= 0.3 is 5.69 Å². The van der Waals surface area contributed by atoms with Crippen molar-refractivity contribution in [1.82, 2.24) is 23.6 Å². The van der Waals surface area contributed by atoms with E-state index in [1.54, 1.807) is 4.57 Å². The first-order valence-corrected chi connectivity index (χ1v) is 13.2. The molecule has 0 saturated heterocycles. The summed E-state index contributed by atoms with van der Waals surface area (Å²) in [7, 11) is 0. The maximum Gasteiger partial charge on any atom is 0.332 e. The van der Waals surface area contributed by atoms with Crippen molar-refractivity contribution in [3.63, 3.8) is 0 Å². The Morgan fingerprint density at radius 1 is 0.811 bits per heavy atom. The van der Waals surface area contributed by atoms with Crippen molar-refractivity contribution in [3.05, 3.63) is 98.5 Å². The number of aromatic nitrogens is 4. The van der Waals surface area contributed by atoms with E-state index in [4.69, 9.17) is 4.98 Å². The van der Waals surface area contributed by atoms with Gasteiger partial charge in [0, 0.05) is 39.1 Å². The maximum absolute atomic E-state index is 13.7. The van der Waals surface area contributed by atoms with Crippen LogP contribution in [0.2, 0.25) is 0 Å². The third-order valence-electron chi connectivity index (χ3n) is 6.82. The lowest BCUT2D eigenvalue weighted by Crippen LogP contribution is -2.41. The number of hydrogen-bond acceptors (Lipinski definition) is 5. The molecule has 0 atom stereocenters. The summed E-state index contributed by atoms with van der Waals surface area (Å²) in [5.41, 5.74) is 2.56. The van der Waals surface area contributed by atoms with Crippen molar-refractivity contribution in [3.8, 4) is 0 Å². The molecule has 0 saturated carbocycles. The minimum absolute atomic E-state index is 0.0811. The third kappa shape index (κ3) is 6.09. The fraction of sp³-hybridized carbons (Fsp3) is 0.414. The smallest absolute Gasteiger partial charge is 0.332 e. The van der Waals surface area contributed by atoms with E-state index in [0.717, 1.165) is 23.5 Å². The SMILES string of the molecule is CCCn1c(=O)c2c(nc(Cc3ccccc3)n2CCN(CC)CCO)n(CCc2ccccc2)c1=O. The number of likely N-dealkylation sites (N-methyl/N-ethyl adjacent to an activating group) is 1. The van der Waals surface area contributed by atoms with Gasteiger partial charge in [-0.25, -0.2) is 9.78 Å². The first-order chi connectivity index (χ1) is 18.1. The molecule has 0 aliphatic carbocycles. The van der Waals surface area contributed by atoms with Crippen molar-refractivity contribution in [2.45, 2.75) is 52.7 Å². The van der Waals surface area contributed by atoms with Gasteiger partial charge in [0.25, 0.3) is 5.56 Å². The highest BCUT2D eigenvalue weighted by atomic mass is 16.3. The molecule has 0 radical (unpaired) electrons. The molecule has 4 rings (SSSR count). The van der Waals surface area contributed by atoms with Gasteiger partial charge in [-0.2, -0.15) is 0 Å². The molecule has 0 unspecified atom stereocenters. The Kier molecular flexibility index (Phi) is 9.09. The van der Waals surface area contributed by atoms with E-state index in [1.807, 2.05) is 72.2 Å². The zero-order valence-electron chi connectivity index (χ0n) is 21.8. The van der Waals surface area contributed by atoms with Crippen LogP contribution in [0.15, 0.2) is 70.3 Å². The number of imidazole rings is 1. The summed E-state index contributed by atoms with van der Waals surface area (Å²) in [4.78, 5) is 34.3. The molecule has 0 bridgehead atoms. The highest BCUT2D eigenvalue weighted by Crippen LogP contribution is 2.17. The van der Waals surface area contributed by atoms with E-state index < -0.39 is 0 Å². The van der Waals surface area contributed by atoms with Gasteiger partial charge in [0.2, 0.25) is 0 Å². The lowest BCUT2D eigenvalue weighted by Gasteiger charge is -2.20. The van der Waals surface area contributed by atoms with Crippen LogP contribution in [0.4, 0.5) is 0 Å². The normalized spacial score (nSPS) is 11.6. The van der Waals surface area contributed by atoms with Crippen LogP contribution in [0, 0.1) is 0 Å². The summed E-state index contributed by atoms with van der Waals surface area (Å²) in [5, 5.41) is 9.45. The standard InChI is InChI=1S/C29H37N5O3/c1-3-16-34-28(36)26-27(33(29(34)37)17-15-23-11-7-5-8-12-23)30-25(22-24-13-9-6-10-14-24)32(26)19-18-31(4-2)20-21-35/h5-14,35H,3-4,15-22H2,1-2H3.